The second-order valence-corrected chi connectivity index (χ2v) is 8.62. The van der Waals surface area contributed by atoms with Crippen molar-refractivity contribution in [3.05, 3.63) is 35.2 Å². The average Bonchev–Trinajstić information content (AvgIpc) is 2.81. The second-order valence-electron chi connectivity index (χ2n) is 8.62. The summed E-state index contributed by atoms with van der Waals surface area (Å²) in [6, 6.07) is 5.80. The van der Waals surface area contributed by atoms with Crippen LogP contribution < -0.4 is 0 Å². The topological polar surface area (TPSA) is 34.4 Å². The minimum atomic E-state index is -0.979. The van der Waals surface area contributed by atoms with Crippen LogP contribution in [0.1, 0.15) is 95.8 Å². The Labute approximate surface area is 157 Å². The van der Waals surface area contributed by atoms with Gasteiger partial charge in [-0.3, -0.25) is 4.79 Å². The number of alkyl halides is 1. The minimum Gasteiger partial charge on any atom is -0.300 e. The molecule has 2 aromatic rings. The number of aromatic nitrogens is 2. The zero-order chi connectivity index (χ0) is 19.5. The summed E-state index contributed by atoms with van der Waals surface area (Å²) in [5.41, 5.74) is 4.31. The van der Waals surface area contributed by atoms with Gasteiger partial charge in [0.15, 0.2) is 0 Å². The Morgan fingerprint density at radius 2 is 2.00 bits per heavy atom. The standard InChI is InChI=1S/C14H17FN2.C8H16O/c1-9(15)12-7-4-8-13-14(11-5-3-6-11)10(2)16-17(12)13;1-5-7(9)6-8(2,3)4/h4,7-9,11H,3,5-6H2,1-2H3;5-6H2,1-4H3. The molecular weight excluding hydrogens is 327 g/mol. The summed E-state index contributed by atoms with van der Waals surface area (Å²) in [5.74, 6) is 1.00. The van der Waals surface area contributed by atoms with Gasteiger partial charge in [-0.25, -0.2) is 8.91 Å². The van der Waals surface area contributed by atoms with E-state index in [-0.39, 0.29) is 5.41 Å². The van der Waals surface area contributed by atoms with Crippen molar-refractivity contribution in [3.63, 3.8) is 0 Å². The van der Waals surface area contributed by atoms with Crippen LogP contribution in [-0.2, 0) is 4.79 Å². The van der Waals surface area contributed by atoms with Crippen molar-refractivity contribution < 1.29 is 9.18 Å². The Morgan fingerprint density at radius 1 is 1.35 bits per heavy atom. The molecule has 1 aliphatic carbocycles. The Balaban J connectivity index is 0.000000232. The summed E-state index contributed by atoms with van der Waals surface area (Å²) in [6.07, 6.45) is 4.21. The molecule has 1 fully saturated rings. The highest BCUT2D eigenvalue weighted by Crippen LogP contribution is 2.40. The van der Waals surface area contributed by atoms with E-state index in [9.17, 15) is 9.18 Å². The van der Waals surface area contributed by atoms with Crippen molar-refractivity contribution in [2.75, 3.05) is 0 Å². The fraction of sp³-hybridized carbons (Fsp3) is 0.636. The summed E-state index contributed by atoms with van der Waals surface area (Å²) in [4.78, 5) is 10.8. The number of hydrogen-bond donors (Lipinski definition) is 0. The molecule has 0 aliphatic heterocycles. The molecule has 3 nitrogen and oxygen atoms in total. The van der Waals surface area contributed by atoms with Crippen LogP contribution in [0.25, 0.3) is 5.52 Å². The molecule has 1 saturated carbocycles. The van der Waals surface area contributed by atoms with E-state index in [0.717, 1.165) is 11.2 Å². The van der Waals surface area contributed by atoms with Gasteiger partial charge in [-0.1, -0.05) is 40.2 Å². The normalized spacial score (nSPS) is 16.0. The molecule has 0 bridgehead atoms. The van der Waals surface area contributed by atoms with Crippen molar-refractivity contribution in [3.8, 4) is 0 Å². The van der Waals surface area contributed by atoms with Gasteiger partial charge in [-0.15, -0.1) is 0 Å². The molecule has 26 heavy (non-hydrogen) atoms. The molecule has 2 heterocycles. The first-order valence-electron chi connectivity index (χ1n) is 9.78. The molecule has 2 aromatic heterocycles. The fourth-order valence-corrected chi connectivity index (χ4v) is 3.44. The zero-order valence-electron chi connectivity index (χ0n) is 17.1. The van der Waals surface area contributed by atoms with E-state index >= 15 is 0 Å². The average molecular weight is 361 g/mol. The van der Waals surface area contributed by atoms with Gasteiger partial charge < -0.3 is 0 Å². The number of halogens is 1. The quantitative estimate of drug-likeness (QED) is 0.637. The first-order chi connectivity index (χ1) is 12.1. The van der Waals surface area contributed by atoms with E-state index in [1.165, 1.54) is 24.8 Å². The van der Waals surface area contributed by atoms with Crippen LogP contribution in [0, 0.1) is 12.3 Å². The lowest BCUT2D eigenvalue weighted by molar-refractivity contribution is -0.120. The lowest BCUT2D eigenvalue weighted by atomic mass is 9.79. The number of carbonyl (C=O) groups is 1. The Bertz CT molecular complexity index is 751. The summed E-state index contributed by atoms with van der Waals surface area (Å²) >= 11 is 0. The molecular formula is C22H33FN2O. The number of pyridine rings is 1. The number of nitrogens with zero attached hydrogens (tertiary/aromatic N) is 2. The largest absolute Gasteiger partial charge is 0.300 e. The lowest BCUT2D eigenvalue weighted by Gasteiger charge is -2.25. The van der Waals surface area contributed by atoms with Gasteiger partial charge in [0, 0.05) is 18.4 Å². The summed E-state index contributed by atoms with van der Waals surface area (Å²) in [6.45, 7) is 11.8. The van der Waals surface area contributed by atoms with Crippen LogP contribution in [0.4, 0.5) is 4.39 Å². The van der Waals surface area contributed by atoms with Crippen molar-refractivity contribution >= 4 is 11.3 Å². The van der Waals surface area contributed by atoms with Crippen LogP contribution in [0.5, 0.6) is 0 Å². The first kappa shape index (κ1) is 20.6. The number of Topliss-reactive ketones (excluding diaryl/α,β-unsaturated/α-hetero) is 1. The van der Waals surface area contributed by atoms with E-state index in [2.05, 4.69) is 31.9 Å². The van der Waals surface area contributed by atoms with Crippen LogP contribution in [0.3, 0.4) is 0 Å². The SMILES string of the molecule is CCC(=O)CC(C)(C)C.Cc1nn2c(C(C)F)cccc2c1C1CCC1. The molecule has 0 aromatic carbocycles. The number of fused-ring (bicyclic) bond motifs is 1. The minimum absolute atomic E-state index is 0.174. The molecule has 1 atom stereocenters. The predicted octanol–water partition coefficient (Wildman–Crippen LogP) is 6.34. The van der Waals surface area contributed by atoms with Crippen molar-refractivity contribution in [2.45, 2.75) is 85.7 Å². The molecule has 1 aliphatic rings. The molecule has 1 unspecified atom stereocenters. The molecule has 4 heteroatoms. The van der Waals surface area contributed by atoms with Crippen LogP contribution >= 0.6 is 0 Å². The van der Waals surface area contributed by atoms with E-state index in [0.29, 0.717) is 30.2 Å². The van der Waals surface area contributed by atoms with E-state index in [1.807, 2.05) is 26.0 Å². The molecule has 0 radical (unpaired) electrons. The summed E-state index contributed by atoms with van der Waals surface area (Å²) < 4.78 is 15.3. The number of hydrogen-bond acceptors (Lipinski definition) is 2. The number of aryl methyl sites for hydroxylation is 1. The maximum atomic E-state index is 13.5. The highest BCUT2D eigenvalue weighted by atomic mass is 19.1. The van der Waals surface area contributed by atoms with E-state index in [4.69, 9.17) is 0 Å². The van der Waals surface area contributed by atoms with Gasteiger partial charge in [0.1, 0.15) is 12.0 Å². The fourth-order valence-electron chi connectivity index (χ4n) is 3.44. The van der Waals surface area contributed by atoms with E-state index < -0.39 is 6.17 Å². The van der Waals surface area contributed by atoms with Gasteiger partial charge >= 0.3 is 0 Å². The van der Waals surface area contributed by atoms with Gasteiger partial charge in [-0.2, -0.15) is 5.10 Å². The smallest absolute Gasteiger partial charge is 0.139 e. The van der Waals surface area contributed by atoms with Gasteiger partial charge in [0.2, 0.25) is 0 Å². The maximum Gasteiger partial charge on any atom is 0.139 e. The number of carbonyl (C=O) groups excluding carboxylic acids is 1. The summed E-state index contributed by atoms with van der Waals surface area (Å²) in [7, 11) is 0. The van der Waals surface area contributed by atoms with Gasteiger partial charge in [0.25, 0.3) is 0 Å². The monoisotopic (exact) mass is 360 g/mol. The third-order valence-electron chi connectivity index (χ3n) is 4.95. The van der Waals surface area contributed by atoms with Crippen LogP contribution in [-0.4, -0.2) is 15.4 Å². The molecule has 0 amide bonds. The molecule has 0 N–H and O–H groups in total. The Kier molecular flexibility index (Phi) is 6.59. The predicted molar refractivity (Wildman–Crippen MR) is 105 cm³/mol. The molecule has 144 valence electrons. The second kappa shape index (κ2) is 8.32. The molecule has 0 saturated heterocycles. The van der Waals surface area contributed by atoms with Crippen molar-refractivity contribution in [1.29, 1.82) is 0 Å². The third-order valence-corrected chi connectivity index (χ3v) is 4.95. The van der Waals surface area contributed by atoms with Crippen molar-refractivity contribution in [1.82, 2.24) is 9.61 Å². The summed E-state index contributed by atoms with van der Waals surface area (Å²) in [5, 5.41) is 4.51. The van der Waals surface area contributed by atoms with Crippen molar-refractivity contribution in [2.24, 2.45) is 5.41 Å². The van der Waals surface area contributed by atoms with Gasteiger partial charge in [0.05, 0.1) is 16.9 Å². The van der Waals surface area contributed by atoms with E-state index in [1.54, 1.807) is 11.4 Å². The third kappa shape index (κ3) is 4.93. The lowest BCUT2D eigenvalue weighted by Crippen LogP contribution is -2.11. The molecule has 0 spiro atoms. The van der Waals surface area contributed by atoms with Crippen LogP contribution in [0.2, 0.25) is 0 Å². The maximum absolute atomic E-state index is 13.5. The highest BCUT2D eigenvalue weighted by Gasteiger charge is 2.26. The number of ketones is 1. The zero-order valence-corrected chi connectivity index (χ0v) is 17.1. The highest BCUT2D eigenvalue weighted by molar-refractivity contribution is 5.78. The Morgan fingerprint density at radius 3 is 2.42 bits per heavy atom. The van der Waals surface area contributed by atoms with Crippen LogP contribution in [0.15, 0.2) is 18.2 Å². The molecule has 3 rings (SSSR count). The first-order valence-corrected chi connectivity index (χ1v) is 9.78. The Hall–Kier alpha value is -1.71. The number of rotatable bonds is 4. The van der Waals surface area contributed by atoms with Gasteiger partial charge in [-0.05, 0) is 50.2 Å².